The summed E-state index contributed by atoms with van der Waals surface area (Å²) in [6, 6.07) is 7.88. The second-order valence-electron chi connectivity index (χ2n) is 8.00. The van der Waals surface area contributed by atoms with Crippen molar-refractivity contribution in [2.45, 2.75) is 46.1 Å². The summed E-state index contributed by atoms with van der Waals surface area (Å²) in [5.74, 6) is -0.180. The van der Waals surface area contributed by atoms with Crippen molar-refractivity contribution in [3.63, 3.8) is 0 Å². The Kier molecular flexibility index (Phi) is 5.82. The SMILES string of the molecule is Cc1ccc(N2CC(C(=O)NC3CCN(C(=O)C(C)C)CC3)CC2=O)cc1. The number of carbonyl (C=O) groups excluding carboxylic acids is 3. The van der Waals surface area contributed by atoms with Crippen molar-refractivity contribution in [2.75, 3.05) is 24.5 Å². The van der Waals surface area contributed by atoms with Crippen LogP contribution in [0.25, 0.3) is 0 Å². The number of likely N-dealkylation sites (tertiary alicyclic amines) is 1. The van der Waals surface area contributed by atoms with E-state index >= 15 is 0 Å². The first-order valence-corrected chi connectivity index (χ1v) is 9.81. The summed E-state index contributed by atoms with van der Waals surface area (Å²) in [7, 11) is 0. The van der Waals surface area contributed by atoms with Crippen LogP contribution in [0, 0.1) is 18.8 Å². The largest absolute Gasteiger partial charge is 0.353 e. The van der Waals surface area contributed by atoms with E-state index in [9.17, 15) is 14.4 Å². The monoisotopic (exact) mass is 371 g/mol. The molecule has 1 aromatic rings. The van der Waals surface area contributed by atoms with Gasteiger partial charge in [-0.05, 0) is 31.9 Å². The van der Waals surface area contributed by atoms with Crippen LogP contribution in [-0.4, -0.2) is 48.3 Å². The quantitative estimate of drug-likeness (QED) is 0.881. The molecule has 1 N–H and O–H groups in total. The lowest BCUT2D eigenvalue weighted by Gasteiger charge is -2.33. The molecule has 2 saturated heterocycles. The summed E-state index contributed by atoms with van der Waals surface area (Å²) >= 11 is 0. The Bertz CT molecular complexity index is 706. The lowest BCUT2D eigenvalue weighted by molar-refractivity contribution is -0.135. The Morgan fingerprint density at radius 2 is 1.74 bits per heavy atom. The molecular formula is C21H29N3O3. The Morgan fingerprint density at radius 3 is 2.33 bits per heavy atom. The molecule has 146 valence electrons. The molecule has 0 bridgehead atoms. The third-order valence-corrected chi connectivity index (χ3v) is 5.49. The molecule has 0 saturated carbocycles. The van der Waals surface area contributed by atoms with Crippen LogP contribution in [0.5, 0.6) is 0 Å². The number of nitrogens with one attached hydrogen (secondary N) is 1. The highest BCUT2D eigenvalue weighted by Crippen LogP contribution is 2.26. The van der Waals surface area contributed by atoms with E-state index in [2.05, 4.69) is 5.32 Å². The van der Waals surface area contributed by atoms with Gasteiger partial charge in [0.25, 0.3) is 0 Å². The van der Waals surface area contributed by atoms with Crippen LogP contribution in [-0.2, 0) is 14.4 Å². The van der Waals surface area contributed by atoms with Gasteiger partial charge in [-0.1, -0.05) is 31.5 Å². The van der Waals surface area contributed by atoms with E-state index in [1.165, 1.54) is 0 Å². The number of hydrogen-bond donors (Lipinski definition) is 1. The molecule has 2 fully saturated rings. The zero-order valence-corrected chi connectivity index (χ0v) is 16.4. The minimum atomic E-state index is -0.311. The van der Waals surface area contributed by atoms with Gasteiger partial charge in [-0.2, -0.15) is 0 Å². The van der Waals surface area contributed by atoms with Crippen LogP contribution in [0.2, 0.25) is 0 Å². The molecule has 6 nitrogen and oxygen atoms in total. The lowest BCUT2D eigenvalue weighted by atomic mass is 10.0. The molecule has 2 aliphatic heterocycles. The summed E-state index contributed by atoms with van der Waals surface area (Å²) in [6.45, 7) is 7.62. The smallest absolute Gasteiger partial charge is 0.227 e. The van der Waals surface area contributed by atoms with Gasteiger partial charge >= 0.3 is 0 Å². The molecule has 0 radical (unpaired) electrons. The minimum Gasteiger partial charge on any atom is -0.353 e. The van der Waals surface area contributed by atoms with Crippen LogP contribution in [0.15, 0.2) is 24.3 Å². The van der Waals surface area contributed by atoms with Gasteiger partial charge < -0.3 is 15.1 Å². The molecule has 0 spiro atoms. The van der Waals surface area contributed by atoms with Crippen molar-refractivity contribution in [2.24, 2.45) is 11.8 Å². The maximum Gasteiger partial charge on any atom is 0.227 e. The van der Waals surface area contributed by atoms with E-state index in [0.29, 0.717) is 19.6 Å². The molecule has 2 heterocycles. The average molecular weight is 371 g/mol. The molecule has 0 aromatic heterocycles. The lowest BCUT2D eigenvalue weighted by Crippen LogP contribution is -2.48. The van der Waals surface area contributed by atoms with Crippen molar-refractivity contribution in [3.8, 4) is 0 Å². The molecule has 27 heavy (non-hydrogen) atoms. The first-order valence-electron chi connectivity index (χ1n) is 9.81. The first kappa shape index (κ1) is 19.4. The highest BCUT2D eigenvalue weighted by molar-refractivity contribution is 6.00. The number of benzene rings is 1. The molecule has 3 amide bonds. The van der Waals surface area contributed by atoms with E-state index in [-0.39, 0.29) is 42.0 Å². The minimum absolute atomic E-state index is 0.00338. The Morgan fingerprint density at radius 1 is 1.11 bits per heavy atom. The van der Waals surface area contributed by atoms with Crippen LogP contribution in [0.4, 0.5) is 5.69 Å². The fourth-order valence-electron chi connectivity index (χ4n) is 3.79. The third-order valence-electron chi connectivity index (χ3n) is 5.49. The van der Waals surface area contributed by atoms with Crippen LogP contribution < -0.4 is 10.2 Å². The molecule has 3 rings (SSSR count). The third kappa shape index (κ3) is 4.49. The van der Waals surface area contributed by atoms with Crippen molar-refractivity contribution in [1.29, 1.82) is 0 Å². The molecule has 6 heteroatoms. The van der Waals surface area contributed by atoms with E-state index in [4.69, 9.17) is 0 Å². The maximum absolute atomic E-state index is 12.6. The zero-order valence-electron chi connectivity index (χ0n) is 16.4. The molecule has 1 atom stereocenters. The van der Waals surface area contributed by atoms with Crippen molar-refractivity contribution >= 4 is 23.4 Å². The summed E-state index contributed by atoms with van der Waals surface area (Å²) in [6.07, 6.45) is 1.80. The van der Waals surface area contributed by atoms with Gasteiger partial charge in [0.2, 0.25) is 17.7 Å². The number of aryl methyl sites for hydroxylation is 1. The Hall–Kier alpha value is -2.37. The summed E-state index contributed by atoms with van der Waals surface area (Å²) in [5, 5.41) is 3.10. The first-order chi connectivity index (χ1) is 12.8. The second-order valence-corrected chi connectivity index (χ2v) is 8.00. The second kappa shape index (κ2) is 8.11. The maximum atomic E-state index is 12.6. The van der Waals surface area contributed by atoms with E-state index in [1.54, 1.807) is 4.90 Å². The summed E-state index contributed by atoms with van der Waals surface area (Å²) in [5.41, 5.74) is 1.99. The molecule has 2 aliphatic rings. The number of amides is 3. The van der Waals surface area contributed by atoms with E-state index in [1.807, 2.05) is 49.9 Å². The van der Waals surface area contributed by atoms with Crippen molar-refractivity contribution < 1.29 is 14.4 Å². The van der Waals surface area contributed by atoms with Crippen molar-refractivity contribution in [1.82, 2.24) is 10.2 Å². The zero-order chi connectivity index (χ0) is 19.6. The number of carbonyl (C=O) groups is 3. The van der Waals surface area contributed by atoms with Gasteiger partial charge in [0.15, 0.2) is 0 Å². The number of nitrogens with zero attached hydrogens (tertiary/aromatic N) is 2. The Balaban J connectivity index is 1.51. The highest BCUT2D eigenvalue weighted by Gasteiger charge is 2.36. The number of hydrogen-bond acceptors (Lipinski definition) is 3. The fourth-order valence-corrected chi connectivity index (χ4v) is 3.79. The van der Waals surface area contributed by atoms with Crippen LogP contribution in [0.1, 0.15) is 38.7 Å². The predicted octanol–water partition coefficient (Wildman–Crippen LogP) is 2.11. The normalized spacial score (nSPS) is 21.0. The molecule has 1 unspecified atom stereocenters. The van der Waals surface area contributed by atoms with Gasteiger partial charge in [0, 0.05) is 43.7 Å². The van der Waals surface area contributed by atoms with Gasteiger partial charge in [0.05, 0.1) is 5.92 Å². The van der Waals surface area contributed by atoms with Gasteiger partial charge in [-0.15, -0.1) is 0 Å². The molecular weight excluding hydrogens is 342 g/mol. The number of piperidine rings is 1. The topological polar surface area (TPSA) is 69.7 Å². The van der Waals surface area contributed by atoms with E-state index < -0.39 is 0 Å². The Labute approximate surface area is 160 Å². The van der Waals surface area contributed by atoms with Crippen molar-refractivity contribution in [3.05, 3.63) is 29.8 Å². The van der Waals surface area contributed by atoms with Crippen LogP contribution >= 0.6 is 0 Å². The fraction of sp³-hybridized carbons (Fsp3) is 0.571. The predicted molar refractivity (Wildman–Crippen MR) is 104 cm³/mol. The van der Waals surface area contributed by atoms with Gasteiger partial charge in [-0.25, -0.2) is 0 Å². The average Bonchev–Trinajstić information content (AvgIpc) is 3.04. The van der Waals surface area contributed by atoms with Crippen LogP contribution in [0.3, 0.4) is 0 Å². The number of rotatable bonds is 4. The number of anilines is 1. The van der Waals surface area contributed by atoms with Gasteiger partial charge in [-0.3, -0.25) is 14.4 Å². The highest BCUT2D eigenvalue weighted by atomic mass is 16.2. The van der Waals surface area contributed by atoms with Gasteiger partial charge in [0.1, 0.15) is 0 Å². The standard InChI is InChI=1S/C21H29N3O3/c1-14(2)21(27)23-10-8-17(9-11-23)22-20(26)16-12-19(25)24(13-16)18-6-4-15(3)5-7-18/h4-7,14,16-17H,8-13H2,1-3H3,(H,22,26). The molecule has 1 aromatic carbocycles. The molecule has 0 aliphatic carbocycles. The van der Waals surface area contributed by atoms with E-state index in [0.717, 1.165) is 24.1 Å². The summed E-state index contributed by atoms with van der Waals surface area (Å²) in [4.78, 5) is 40.6. The summed E-state index contributed by atoms with van der Waals surface area (Å²) < 4.78 is 0.